The second-order valence-electron chi connectivity index (χ2n) is 14.6. The molecule has 2 aromatic heterocycles. The summed E-state index contributed by atoms with van der Waals surface area (Å²) in [6.45, 7) is 18.1. The SMILES string of the molecule is C=C(/C=c1/ncn(C(C)C)/c1=C(/C)Nc1cc(C(=O)NC2(CF)CC2)c(C)cn1)c1ccc2c(c1)N(C1CC(CC)C1)C(=O)C2(C)C. The maximum atomic E-state index is 13.6. The number of amides is 2. The molecule has 3 aromatic rings. The number of nitrogens with zero attached hydrogens (tertiary/aromatic N) is 4. The molecule has 1 aliphatic heterocycles. The standard InChI is InChI=1S/C38H47FN6O2/c1-9-26-15-28(16-26)45-32-17-27(10-11-30(32)37(7,8)36(45)47)23(4)14-31-34(44(21-41-31)22(2)3)25(6)42-33-18-29(24(5)19-40-33)35(46)43-38(20-39)12-13-38/h10-11,14,17-19,21-22,26,28H,4,9,12-13,15-16,20H2,1-3,5-8H3,(H,40,42)(H,43,46)/b31-14+,34-25-. The van der Waals surface area contributed by atoms with Crippen molar-refractivity contribution in [1.82, 2.24) is 19.9 Å². The fraction of sp³-hybridized carbons (Fsp3) is 0.474. The number of hydrogen-bond acceptors (Lipinski definition) is 5. The predicted octanol–water partition coefficient (Wildman–Crippen LogP) is 5.95. The Morgan fingerprint density at radius 3 is 2.55 bits per heavy atom. The molecule has 1 aromatic carbocycles. The number of allylic oxidation sites excluding steroid dienone is 1. The lowest BCUT2D eigenvalue weighted by Crippen LogP contribution is -2.49. The van der Waals surface area contributed by atoms with Crippen molar-refractivity contribution in [3.8, 4) is 0 Å². The van der Waals surface area contributed by atoms with Crippen molar-refractivity contribution in [2.75, 3.05) is 16.9 Å². The maximum absolute atomic E-state index is 13.6. The zero-order chi connectivity index (χ0) is 33.8. The van der Waals surface area contributed by atoms with Crippen LogP contribution in [0.3, 0.4) is 0 Å². The van der Waals surface area contributed by atoms with Crippen LogP contribution in [0.5, 0.6) is 0 Å². The van der Waals surface area contributed by atoms with Crippen LogP contribution in [0.4, 0.5) is 15.9 Å². The summed E-state index contributed by atoms with van der Waals surface area (Å²) in [7, 11) is 0. The normalized spacial score (nSPS) is 21.8. The summed E-state index contributed by atoms with van der Waals surface area (Å²) in [5.74, 6) is 1.08. The highest BCUT2D eigenvalue weighted by molar-refractivity contribution is 6.09. The van der Waals surface area contributed by atoms with Crippen LogP contribution in [0.1, 0.15) is 107 Å². The molecule has 47 heavy (non-hydrogen) atoms. The maximum Gasteiger partial charge on any atom is 0.252 e. The van der Waals surface area contributed by atoms with E-state index in [1.807, 2.05) is 45.0 Å². The van der Waals surface area contributed by atoms with E-state index in [0.717, 1.165) is 63.6 Å². The number of nitrogens with one attached hydrogen (secondary N) is 2. The molecule has 2 amide bonds. The molecule has 0 atom stereocenters. The minimum atomic E-state index is -0.725. The molecule has 2 N–H and O–H groups in total. The van der Waals surface area contributed by atoms with Crippen molar-refractivity contribution in [3.63, 3.8) is 0 Å². The monoisotopic (exact) mass is 638 g/mol. The molecule has 248 valence electrons. The van der Waals surface area contributed by atoms with Crippen LogP contribution in [-0.4, -0.2) is 44.6 Å². The van der Waals surface area contributed by atoms with Crippen molar-refractivity contribution >= 4 is 40.7 Å². The Bertz CT molecular complexity index is 1880. The summed E-state index contributed by atoms with van der Waals surface area (Å²) in [5, 5.41) is 7.88. The average molecular weight is 639 g/mol. The van der Waals surface area contributed by atoms with Gasteiger partial charge in [0.25, 0.3) is 5.91 Å². The van der Waals surface area contributed by atoms with Crippen molar-refractivity contribution in [3.05, 3.63) is 76.3 Å². The number of halogens is 1. The molecule has 3 heterocycles. The van der Waals surface area contributed by atoms with Crippen molar-refractivity contribution in [2.45, 2.75) is 104 Å². The minimum Gasteiger partial charge on any atom is -0.344 e. The van der Waals surface area contributed by atoms with Crippen molar-refractivity contribution < 1.29 is 14.0 Å². The zero-order valence-corrected chi connectivity index (χ0v) is 28.7. The highest BCUT2D eigenvalue weighted by Gasteiger charge is 2.49. The van der Waals surface area contributed by atoms with Crippen LogP contribution in [0.15, 0.2) is 43.4 Å². The van der Waals surface area contributed by atoms with Crippen LogP contribution in [0, 0.1) is 12.8 Å². The molecule has 0 radical (unpaired) electrons. The number of benzene rings is 1. The molecule has 2 saturated carbocycles. The Hall–Kier alpha value is -4.27. The third kappa shape index (κ3) is 5.89. The van der Waals surface area contributed by atoms with Gasteiger partial charge in [0.05, 0.1) is 28.0 Å². The lowest BCUT2D eigenvalue weighted by molar-refractivity contribution is -0.123. The fourth-order valence-electron chi connectivity index (χ4n) is 6.94. The quantitative estimate of drug-likeness (QED) is 0.287. The Labute approximate surface area is 276 Å². The van der Waals surface area contributed by atoms with Crippen LogP contribution in [0.2, 0.25) is 0 Å². The van der Waals surface area contributed by atoms with E-state index in [2.05, 4.69) is 65.7 Å². The number of carbonyl (C=O) groups is 2. The van der Waals surface area contributed by atoms with E-state index in [1.165, 1.54) is 0 Å². The summed E-state index contributed by atoms with van der Waals surface area (Å²) >= 11 is 0. The number of aryl methyl sites for hydroxylation is 1. The summed E-state index contributed by atoms with van der Waals surface area (Å²) in [4.78, 5) is 38.0. The molecule has 0 bridgehead atoms. The third-order valence-corrected chi connectivity index (χ3v) is 10.4. The van der Waals surface area contributed by atoms with E-state index >= 15 is 0 Å². The second kappa shape index (κ2) is 12.1. The number of hydrogen-bond donors (Lipinski definition) is 2. The van der Waals surface area contributed by atoms with E-state index < -0.39 is 17.6 Å². The van der Waals surface area contributed by atoms with E-state index in [0.29, 0.717) is 30.1 Å². The Morgan fingerprint density at radius 1 is 1.19 bits per heavy atom. The van der Waals surface area contributed by atoms with Gasteiger partial charge in [-0.15, -0.1) is 0 Å². The van der Waals surface area contributed by atoms with Crippen LogP contribution in [-0.2, 0) is 10.2 Å². The number of imidazole rings is 1. The van der Waals surface area contributed by atoms with Gasteiger partial charge in [0, 0.05) is 35.2 Å². The number of carbonyl (C=O) groups excluding carboxylic acids is 2. The van der Waals surface area contributed by atoms with Crippen LogP contribution >= 0.6 is 0 Å². The van der Waals surface area contributed by atoms with Gasteiger partial charge in [0.2, 0.25) is 5.91 Å². The Kier molecular flexibility index (Phi) is 8.39. The summed E-state index contributed by atoms with van der Waals surface area (Å²) < 4.78 is 15.6. The van der Waals surface area contributed by atoms with Crippen molar-refractivity contribution in [1.29, 1.82) is 0 Å². The molecule has 0 unspecified atom stereocenters. The summed E-state index contributed by atoms with van der Waals surface area (Å²) in [6.07, 6.45) is 10.0. The van der Waals surface area contributed by atoms with E-state index in [1.54, 1.807) is 12.3 Å². The predicted molar refractivity (Wildman–Crippen MR) is 186 cm³/mol. The van der Waals surface area contributed by atoms with Crippen LogP contribution in [0.25, 0.3) is 17.3 Å². The lowest BCUT2D eigenvalue weighted by atomic mass is 9.77. The van der Waals surface area contributed by atoms with Gasteiger partial charge in [-0.25, -0.2) is 14.4 Å². The van der Waals surface area contributed by atoms with Gasteiger partial charge in [0.15, 0.2) is 0 Å². The van der Waals surface area contributed by atoms with Gasteiger partial charge >= 0.3 is 0 Å². The number of aromatic nitrogens is 3. The molecule has 2 fully saturated rings. The highest BCUT2D eigenvalue weighted by atomic mass is 19.1. The highest BCUT2D eigenvalue weighted by Crippen LogP contribution is 2.48. The molecular formula is C38H47FN6O2. The zero-order valence-electron chi connectivity index (χ0n) is 28.7. The minimum absolute atomic E-state index is 0.128. The van der Waals surface area contributed by atoms with E-state index in [9.17, 15) is 14.0 Å². The first-order valence-electron chi connectivity index (χ1n) is 16.8. The molecule has 0 spiro atoms. The first-order valence-corrected chi connectivity index (χ1v) is 16.8. The van der Waals surface area contributed by atoms with Crippen molar-refractivity contribution in [2.24, 2.45) is 5.92 Å². The second-order valence-corrected chi connectivity index (χ2v) is 14.6. The number of alkyl halides is 1. The van der Waals surface area contributed by atoms with E-state index in [4.69, 9.17) is 4.98 Å². The molecule has 9 heteroatoms. The molecule has 6 rings (SSSR count). The third-order valence-electron chi connectivity index (χ3n) is 10.4. The molecular weight excluding hydrogens is 591 g/mol. The molecule has 2 aliphatic carbocycles. The first-order chi connectivity index (χ1) is 22.3. The van der Waals surface area contributed by atoms with Gasteiger partial charge in [0.1, 0.15) is 12.5 Å². The summed E-state index contributed by atoms with van der Waals surface area (Å²) in [6, 6.07) is 8.34. The van der Waals surface area contributed by atoms with Crippen LogP contribution < -0.4 is 26.2 Å². The van der Waals surface area contributed by atoms with Gasteiger partial charge < -0.3 is 20.1 Å². The molecule has 3 aliphatic rings. The Morgan fingerprint density at radius 2 is 1.91 bits per heavy atom. The van der Waals surface area contributed by atoms with Gasteiger partial charge in [-0.05, 0) is 114 Å². The van der Waals surface area contributed by atoms with Gasteiger partial charge in [-0.3, -0.25) is 9.59 Å². The average Bonchev–Trinajstić information content (AvgIpc) is 3.61. The number of anilines is 2. The summed E-state index contributed by atoms with van der Waals surface area (Å²) in [5.41, 5.74) is 4.50. The Balaban J connectivity index is 1.33. The van der Waals surface area contributed by atoms with Gasteiger partial charge in [-0.1, -0.05) is 32.1 Å². The number of fused-ring (bicyclic) bond motifs is 1. The van der Waals surface area contributed by atoms with E-state index in [-0.39, 0.29) is 23.9 Å². The largest absolute Gasteiger partial charge is 0.344 e. The fourth-order valence-corrected chi connectivity index (χ4v) is 6.94. The molecule has 8 nitrogen and oxygen atoms in total. The lowest BCUT2D eigenvalue weighted by Gasteiger charge is -2.41. The van der Waals surface area contributed by atoms with Gasteiger partial charge in [-0.2, -0.15) is 0 Å². The number of pyridine rings is 1. The molecule has 0 saturated heterocycles. The smallest absolute Gasteiger partial charge is 0.252 e. The number of rotatable bonds is 10. The first kappa shape index (κ1) is 32.7. The topological polar surface area (TPSA) is 92.2 Å².